The van der Waals surface area contributed by atoms with Gasteiger partial charge in [-0.15, -0.1) is 0 Å². The van der Waals surface area contributed by atoms with E-state index in [-0.39, 0.29) is 5.91 Å². The molecule has 0 saturated heterocycles. The first-order valence-electron chi connectivity index (χ1n) is 14.6. The van der Waals surface area contributed by atoms with Gasteiger partial charge in [0.25, 0.3) is 0 Å². The monoisotopic (exact) mass is 545 g/mol. The highest BCUT2D eigenvalue weighted by Gasteiger charge is 2.13. The summed E-state index contributed by atoms with van der Waals surface area (Å²) in [4.78, 5) is 17.7. The lowest BCUT2D eigenvalue weighted by Gasteiger charge is -2.15. The predicted octanol–water partition coefficient (Wildman–Crippen LogP) is 7.85. The van der Waals surface area contributed by atoms with Gasteiger partial charge in [0.05, 0.1) is 30.6 Å². The molecule has 1 amide bonds. The van der Waals surface area contributed by atoms with E-state index in [1.165, 1.54) is 16.7 Å². The van der Waals surface area contributed by atoms with Crippen molar-refractivity contribution in [2.24, 2.45) is 0 Å². The highest BCUT2D eigenvalue weighted by molar-refractivity contribution is 5.79. The number of ether oxygens (including phenoxy) is 1. The van der Waals surface area contributed by atoms with Crippen molar-refractivity contribution < 1.29 is 9.53 Å². The minimum atomic E-state index is -0.0106. The predicted molar refractivity (Wildman–Crippen MR) is 167 cm³/mol. The van der Waals surface area contributed by atoms with Gasteiger partial charge in [0.1, 0.15) is 11.6 Å². The van der Waals surface area contributed by atoms with Gasteiger partial charge in [-0.3, -0.25) is 4.79 Å². The molecular formula is C36H39N3O2. The third-order valence-electron chi connectivity index (χ3n) is 7.43. The number of amides is 1. The Morgan fingerprint density at radius 2 is 1.61 bits per heavy atom. The Labute approximate surface area is 243 Å². The second-order valence-corrected chi connectivity index (χ2v) is 10.9. The van der Waals surface area contributed by atoms with E-state index in [1.807, 2.05) is 48.5 Å². The first kappa shape index (κ1) is 28.2. The molecule has 5 rings (SSSR count). The highest BCUT2D eigenvalue weighted by atomic mass is 16.5. The normalized spacial score (nSPS) is 11.2. The highest BCUT2D eigenvalue weighted by Crippen LogP contribution is 2.28. The molecule has 0 atom stereocenters. The summed E-state index contributed by atoms with van der Waals surface area (Å²) in [6.07, 6.45) is 2.23. The van der Waals surface area contributed by atoms with Crippen LogP contribution in [0.4, 0.5) is 0 Å². The molecule has 0 bridgehead atoms. The lowest BCUT2D eigenvalue weighted by Crippen LogP contribution is -2.26. The molecule has 0 fully saturated rings. The summed E-state index contributed by atoms with van der Waals surface area (Å²) < 4.78 is 8.44. The quantitative estimate of drug-likeness (QED) is 0.162. The van der Waals surface area contributed by atoms with Gasteiger partial charge in [-0.1, -0.05) is 92.7 Å². The average Bonchev–Trinajstić information content (AvgIpc) is 3.34. The van der Waals surface area contributed by atoms with Crippen LogP contribution in [0.5, 0.6) is 5.75 Å². The maximum Gasteiger partial charge on any atom is 0.224 e. The number of aromatic nitrogens is 2. The zero-order valence-electron chi connectivity index (χ0n) is 24.3. The number of benzene rings is 4. The van der Waals surface area contributed by atoms with Crippen LogP contribution >= 0.6 is 0 Å². The maximum absolute atomic E-state index is 12.8. The Balaban J connectivity index is 1.17. The van der Waals surface area contributed by atoms with Crippen molar-refractivity contribution in [3.63, 3.8) is 0 Å². The zero-order chi connectivity index (χ0) is 28.6. The van der Waals surface area contributed by atoms with Crippen LogP contribution < -0.4 is 10.1 Å². The van der Waals surface area contributed by atoms with Gasteiger partial charge < -0.3 is 14.6 Å². The molecule has 0 saturated carbocycles. The number of nitrogens with one attached hydrogen (secondary N) is 1. The number of carbonyl (C=O) groups excluding carboxylic acids is 1. The van der Waals surface area contributed by atoms with Crippen LogP contribution in [0.2, 0.25) is 0 Å². The van der Waals surface area contributed by atoms with Crippen LogP contribution in [-0.2, 0) is 24.3 Å². The van der Waals surface area contributed by atoms with Crippen molar-refractivity contribution in [2.75, 3.05) is 6.61 Å². The number of hydrogen-bond donors (Lipinski definition) is 1. The Bertz CT molecular complexity index is 1590. The molecule has 5 heteroatoms. The van der Waals surface area contributed by atoms with E-state index in [1.54, 1.807) is 0 Å². The first-order valence-corrected chi connectivity index (χ1v) is 14.6. The number of carbonyl (C=O) groups is 1. The summed E-state index contributed by atoms with van der Waals surface area (Å²) in [6, 6.07) is 33.1. The molecule has 41 heavy (non-hydrogen) atoms. The molecular weight excluding hydrogens is 506 g/mol. The van der Waals surface area contributed by atoms with E-state index in [9.17, 15) is 4.79 Å². The molecule has 1 N–H and O–H groups in total. The Hall–Kier alpha value is -4.38. The number of imidazole rings is 1. The minimum Gasteiger partial charge on any atom is -0.493 e. The average molecular weight is 546 g/mol. The maximum atomic E-state index is 12.8. The van der Waals surface area contributed by atoms with E-state index in [0.29, 0.717) is 25.5 Å². The Morgan fingerprint density at radius 1 is 0.878 bits per heavy atom. The van der Waals surface area contributed by atoms with Crippen molar-refractivity contribution in [2.45, 2.75) is 59.0 Å². The second kappa shape index (κ2) is 13.3. The van der Waals surface area contributed by atoms with Crippen LogP contribution in [0, 0.1) is 6.92 Å². The number of unbranched alkanes of at least 4 members (excludes halogenated alkanes) is 1. The molecule has 0 aliphatic rings. The summed E-state index contributed by atoms with van der Waals surface area (Å²) in [7, 11) is 0. The molecule has 0 aliphatic heterocycles. The molecule has 4 aromatic carbocycles. The molecule has 0 spiro atoms. The van der Waals surface area contributed by atoms with Gasteiger partial charge in [-0.05, 0) is 71.7 Å². The van der Waals surface area contributed by atoms with Crippen LogP contribution in [0.15, 0.2) is 97.1 Å². The SMILES string of the molecule is Cc1ccc(C(C)C)c(OCCCCn2c(CNC(=O)Cc3ccc(-c4ccccc4)cc3)nc3ccccc32)c1. The van der Waals surface area contributed by atoms with Crippen LogP contribution in [0.1, 0.15) is 55.1 Å². The van der Waals surface area contributed by atoms with Gasteiger partial charge in [-0.2, -0.15) is 0 Å². The number of aryl methyl sites for hydroxylation is 2. The fourth-order valence-electron chi connectivity index (χ4n) is 5.18. The smallest absolute Gasteiger partial charge is 0.224 e. The molecule has 0 unspecified atom stereocenters. The van der Waals surface area contributed by atoms with Crippen molar-refractivity contribution in [3.8, 4) is 16.9 Å². The fourth-order valence-corrected chi connectivity index (χ4v) is 5.18. The molecule has 0 radical (unpaired) electrons. The molecule has 5 aromatic rings. The lowest BCUT2D eigenvalue weighted by atomic mass is 10.0. The van der Waals surface area contributed by atoms with Crippen molar-refractivity contribution in [3.05, 3.63) is 120 Å². The topological polar surface area (TPSA) is 56.1 Å². The summed E-state index contributed by atoms with van der Waals surface area (Å²) in [5.41, 5.74) is 7.81. The largest absolute Gasteiger partial charge is 0.493 e. The Kier molecular flexibility index (Phi) is 9.15. The van der Waals surface area contributed by atoms with E-state index in [4.69, 9.17) is 9.72 Å². The number of nitrogens with zero attached hydrogens (tertiary/aromatic N) is 2. The Morgan fingerprint density at radius 3 is 2.39 bits per heavy atom. The van der Waals surface area contributed by atoms with Crippen LogP contribution in [-0.4, -0.2) is 22.1 Å². The number of fused-ring (bicyclic) bond motifs is 1. The second-order valence-electron chi connectivity index (χ2n) is 10.9. The molecule has 5 nitrogen and oxygen atoms in total. The standard InChI is InChI=1S/C36H39N3O2/c1-26(2)31-20-15-27(3)23-34(31)41-22-10-9-21-39-33-14-8-7-13-32(33)38-35(39)25-37-36(40)24-28-16-18-30(19-17-28)29-11-5-4-6-12-29/h4-8,11-20,23,26H,9-10,21-22,24-25H2,1-3H3,(H,37,40). The van der Waals surface area contributed by atoms with E-state index >= 15 is 0 Å². The van der Waals surface area contributed by atoms with E-state index < -0.39 is 0 Å². The van der Waals surface area contributed by atoms with Gasteiger partial charge in [0.2, 0.25) is 5.91 Å². The number of para-hydroxylation sites is 2. The summed E-state index contributed by atoms with van der Waals surface area (Å²) in [5, 5.41) is 3.09. The number of rotatable bonds is 12. The van der Waals surface area contributed by atoms with Crippen LogP contribution in [0.3, 0.4) is 0 Å². The third kappa shape index (κ3) is 7.23. The summed E-state index contributed by atoms with van der Waals surface area (Å²) >= 11 is 0. The van der Waals surface area contributed by atoms with Gasteiger partial charge >= 0.3 is 0 Å². The molecule has 210 valence electrons. The summed E-state index contributed by atoms with van der Waals surface area (Å²) in [6.45, 7) is 8.38. The van der Waals surface area contributed by atoms with E-state index in [0.717, 1.165) is 53.1 Å². The van der Waals surface area contributed by atoms with Crippen molar-refractivity contribution in [1.29, 1.82) is 0 Å². The van der Waals surface area contributed by atoms with E-state index in [2.05, 4.69) is 79.2 Å². The lowest BCUT2D eigenvalue weighted by molar-refractivity contribution is -0.120. The zero-order valence-corrected chi connectivity index (χ0v) is 24.3. The van der Waals surface area contributed by atoms with Crippen molar-refractivity contribution in [1.82, 2.24) is 14.9 Å². The van der Waals surface area contributed by atoms with Crippen LogP contribution in [0.25, 0.3) is 22.2 Å². The molecule has 0 aliphatic carbocycles. The molecule has 1 heterocycles. The minimum absolute atomic E-state index is 0.0106. The summed E-state index contributed by atoms with van der Waals surface area (Å²) in [5.74, 6) is 2.28. The number of hydrogen-bond acceptors (Lipinski definition) is 3. The van der Waals surface area contributed by atoms with Gasteiger partial charge in [0, 0.05) is 6.54 Å². The molecule has 1 aromatic heterocycles. The van der Waals surface area contributed by atoms with Gasteiger partial charge in [0.15, 0.2) is 0 Å². The fraction of sp³-hybridized carbons (Fsp3) is 0.278. The van der Waals surface area contributed by atoms with Gasteiger partial charge in [-0.25, -0.2) is 4.98 Å². The third-order valence-corrected chi connectivity index (χ3v) is 7.43. The van der Waals surface area contributed by atoms with Crippen molar-refractivity contribution >= 4 is 16.9 Å². The first-order chi connectivity index (χ1) is 20.0.